The Morgan fingerprint density at radius 2 is 1.92 bits per heavy atom. The van der Waals surface area contributed by atoms with Crippen molar-refractivity contribution < 1.29 is 9.59 Å². The Labute approximate surface area is 143 Å². The minimum absolute atomic E-state index is 0.0280. The number of carbonyl (C=O) groups excluding carboxylic acids is 2. The second-order valence-corrected chi connectivity index (χ2v) is 7.37. The summed E-state index contributed by atoms with van der Waals surface area (Å²) in [5, 5.41) is 5.80. The first-order valence-corrected chi connectivity index (χ1v) is 8.80. The third kappa shape index (κ3) is 2.99. The zero-order valence-electron chi connectivity index (χ0n) is 14.8. The molecule has 1 aromatic rings. The Bertz CT molecular complexity index is 650. The normalized spacial score (nSPS) is 22.0. The second kappa shape index (κ2) is 6.46. The smallest absolute Gasteiger partial charge is 0.321 e. The summed E-state index contributed by atoms with van der Waals surface area (Å²) < 4.78 is 0. The van der Waals surface area contributed by atoms with Crippen LogP contribution in [0.1, 0.15) is 36.8 Å². The number of likely N-dealkylation sites (tertiary alicyclic amines) is 1. The lowest BCUT2D eigenvalue weighted by molar-refractivity contribution is -0.127. The van der Waals surface area contributed by atoms with Crippen LogP contribution in [0.4, 0.5) is 10.5 Å². The summed E-state index contributed by atoms with van der Waals surface area (Å²) in [5.41, 5.74) is 3.05. The zero-order chi connectivity index (χ0) is 17.3. The summed E-state index contributed by atoms with van der Waals surface area (Å²) in [6, 6.07) is 5.91. The third-order valence-corrected chi connectivity index (χ3v) is 5.72. The predicted octanol–water partition coefficient (Wildman–Crippen LogP) is 3.07. The van der Waals surface area contributed by atoms with E-state index in [-0.39, 0.29) is 23.3 Å². The SMILES string of the molecule is CNC(=O)C1CN(C(=O)Nc2ccc(C)cc2C)CC12CCCC2. The number of amides is 3. The number of urea groups is 1. The van der Waals surface area contributed by atoms with Crippen molar-refractivity contribution in [2.75, 3.05) is 25.5 Å². The molecule has 1 heterocycles. The summed E-state index contributed by atoms with van der Waals surface area (Å²) in [7, 11) is 1.68. The van der Waals surface area contributed by atoms with E-state index in [0.29, 0.717) is 13.1 Å². The van der Waals surface area contributed by atoms with Crippen LogP contribution in [0.3, 0.4) is 0 Å². The maximum Gasteiger partial charge on any atom is 0.321 e. The van der Waals surface area contributed by atoms with E-state index in [4.69, 9.17) is 0 Å². The van der Waals surface area contributed by atoms with Gasteiger partial charge in [0.05, 0.1) is 5.92 Å². The fraction of sp³-hybridized carbons (Fsp3) is 0.579. The van der Waals surface area contributed by atoms with Crippen LogP contribution in [0.25, 0.3) is 0 Å². The van der Waals surface area contributed by atoms with Gasteiger partial charge in [-0.3, -0.25) is 4.79 Å². The van der Waals surface area contributed by atoms with Gasteiger partial charge in [0.15, 0.2) is 0 Å². The van der Waals surface area contributed by atoms with Gasteiger partial charge in [-0.1, -0.05) is 30.5 Å². The van der Waals surface area contributed by atoms with Gasteiger partial charge in [0.25, 0.3) is 0 Å². The van der Waals surface area contributed by atoms with Crippen LogP contribution < -0.4 is 10.6 Å². The van der Waals surface area contributed by atoms with Gasteiger partial charge in [-0.25, -0.2) is 4.79 Å². The van der Waals surface area contributed by atoms with Gasteiger partial charge in [0.2, 0.25) is 5.91 Å². The molecule has 5 heteroatoms. The molecule has 0 bridgehead atoms. The second-order valence-electron chi connectivity index (χ2n) is 7.37. The number of anilines is 1. The first kappa shape index (κ1) is 16.8. The molecule has 1 saturated carbocycles. The molecule has 1 aromatic carbocycles. The van der Waals surface area contributed by atoms with Crippen LogP contribution in [-0.2, 0) is 4.79 Å². The van der Waals surface area contributed by atoms with Crippen LogP contribution in [0.2, 0.25) is 0 Å². The lowest BCUT2D eigenvalue weighted by atomic mass is 9.76. The van der Waals surface area contributed by atoms with Gasteiger partial charge in [-0.05, 0) is 38.3 Å². The van der Waals surface area contributed by atoms with Crippen LogP contribution in [0.15, 0.2) is 18.2 Å². The average Bonchev–Trinajstić information content (AvgIpc) is 3.17. The molecule has 0 aromatic heterocycles. The lowest BCUT2D eigenvalue weighted by Crippen LogP contribution is -2.38. The molecule has 1 unspecified atom stereocenters. The number of aryl methyl sites for hydroxylation is 2. The van der Waals surface area contributed by atoms with Crippen LogP contribution in [-0.4, -0.2) is 37.0 Å². The Morgan fingerprint density at radius 3 is 2.54 bits per heavy atom. The minimum Gasteiger partial charge on any atom is -0.359 e. The molecule has 2 aliphatic rings. The van der Waals surface area contributed by atoms with Gasteiger partial charge < -0.3 is 15.5 Å². The Hall–Kier alpha value is -2.04. The van der Waals surface area contributed by atoms with E-state index in [1.165, 1.54) is 5.56 Å². The van der Waals surface area contributed by atoms with Crippen molar-refractivity contribution in [3.05, 3.63) is 29.3 Å². The Balaban J connectivity index is 1.75. The summed E-state index contributed by atoms with van der Waals surface area (Å²) in [6.45, 7) is 5.23. The Morgan fingerprint density at radius 1 is 1.21 bits per heavy atom. The molecular weight excluding hydrogens is 302 g/mol. The van der Waals surface area contributed by atoms with Crippen molar-refractivity contribution in [1.82, 2.24) is 10.2 Å². The van der Waals surface area contributed by atoms with Gasteiger partial charge in [0.1, 0.15) is 0 Å². The molecule has 1 aliphatic carbocycles. The molecule has 24 heavy (non-hydrogen) atoms. The van der Waals surface area contributed by atoms with E-state index in [2.05, 4.69) is 16.7 Å². The number of nitrogens with one attached hydrogen (secondary N) is 2. The molecular formula is C19H27N3O2. The van der Waals surface area contributed by atoms with E-state index >= 15 is 0 Å². The summed E-state index contributed by atoms with van der Waals surface area (Å²) in [5.74, 6) is -0.0198. The zero-order valence-corrected chi connectivity index (χ0v) is 14.8. The Kier molecular flexibility index (Phi) is 4.52. The third-order valence-electron chi connectivity index (χ3n) is 5.72. The first-order chi connectivity index (χ1) is 11.4. The summed E-state index contributed by atoms with van der Waals surface area (Å²) >= 11 is 0. The number of hydrogen-bond acceptors (Lipinski definition) is 2. The topological polar surface area (TPSA) is 61.4 Å². The van der Waals surface area contributed by atoms with Crippen LogP contribution in [0, 0.1) is 25.2 Å². The van der Waals surface area contributed by atoms with Crippen molar-refractivity contribution in [2.45, 2.75) is 39.5 Å². The van der Waals surface area contributed by atoms with E-state index in [1.54, 1.807) is 7.05 Å². The molecule has 1 aliphatic heterocycles. The lowest BCUT2D eigenvalue weighted by Gasteiger charge is -2.28. The van der Waals surface area contributed by atoms with Gasteiger partial charge in [-0.15, -0.1) is 0 Å². The van der Waals surface area contributed by atoms with Crippen molar-refractivity contribution in [3.8, 4) is 0 Å². The molecule has 1 saturated heterocycles. The number of rotatable bonds is 2. The fourth-order valence-corrected chi connectivity index (χ4v) is 4.39. The first-order valence-electron chi connectivity index (χ1n) is 8.80. The fourth-order valence-electron chi connectivity index (χ4n) is 4.39. The molecule has 5 nitrogen and oxygen atoms in total. The van der Waals surface area contributed by atoms with Crippen molar-refractivity contribution in [2.24, 2.45) is 11.3 Å². The monoisotopic (exact) mass is 329 g/mol. The highest BCUT2D eigenvalue weighted by atomic mass is 16.2. The quantitative estimate of drug-likeness (QED) is 0.876. The summed E-state index contributed by atoms with van der Waals surface area (Å²) in [6.07, 6.45) is 4.39. The van der Waals surface area contributed by atoms with E-state index < -0.39 is 0 Å². The number of hydrogen-bond donors (Lipinski definition) is 2. The minimum atomic E-state index is -0.0976. The molecule has 1 atom stereocenters. The summed E-state index contributed by atoms with van der Waals surface area (Å²) in [4.78, 5) is 26.9. The standard InChI is InChI=1S/C19H27N3O2/c1-13-6-7-16(14(2)10-13)21-18(24)22-11-15(17(23)20-3)19(12-22)8-4-5-9-19/h6-7,10,15H,4-5,8-9,11-12H2,1-3H3,(H,20,23)(H,21,24). The maximum absolute atomic E-state index is 12.7. The van der Waals surface area contributed by atoms with Crippen molar-refractivity contribution >= 4 is 17.6 Å². The van der Waals surface area contributed by atoms with E-state index in [0.717, 1.165) is 36.9 Å². The molecule has 3 rings (SSSR count). The molecule has 1 spiro atoms. The van der Waals surface area contributed by atoms with Crippen LogP contribution in [0.5, 0.6) is 0 Å². The number of benzene rings is 1. The highest BCUT2D eigenvalue weighted by Gasteiger charge is 2.52. The van der Waals surface area contributed by atoms with Crippen molar-refractivity contribution in [3.63, 3.8) is 0 Å². The molecule has 0 radical (unpaired) electrons. The van der Waals surface area contributed by atoms with Crippen molar-refractivity contribution in [1.29, 1.82) is 0 Å². The molecule has 2 fully saturated rings. The molecule has 3 amide bonds. The number of nitrogens with zero attached hydrogens (tertiary/aromatic N) is 1. The molecule has 2 N–H and O–H groups in total. The van der Waals surface area contributed by atoms with Gasteiger partial charge in [-0.2, -0.15) is 0 Å². The van der Waals surface area contributed by atoms with Gasteiger partial charge >= 0.3 is 6.03 Å². The molecule has 130 valence electrons. The van der Waals surface area contributed by atoms with Gasteiger partial charge in [0, 0.05) is 31.2 Å². The predicted molar refractivity (Wildman–Crippen MR) is 95.0 cm³/mol. The highest BCUT2D eigenvalue weighted by Crippen LogP contribution is 2.49. The van der Waals surface area contributed by atoms with Crippen LogP contribution >= 0.6 is 0 Å². The largest absolute Gasteiger partial charge is 0.359 e. The maximum atomic E-state index is 12.7. The highest BCUT2D eigenvalue weighted by molar-refractivity contribution is 5.91. The number of carbonyl (C=O) groups is 2. The van der Waals surface area contributed by atoms with E-state index in [9.17, 15) is 9.59 Å². The average molecular weight is 329 g/mol. The van der Waals surface area contributed by atoms with E-state index in [1.807, 2.05) is 30.9 Å².